The summed E-state index contributed by atoms with van der Waals surface area (Å²) in [7, 11) is 0. The van der Waals surface area contributed by atoms with Crippen LogP contribution in [0.5, 0.6) is 11.5 Å². The fourth-order valence-electron chi connectivity index (χ4n) is 3.77. The molecular weight excluding hydrogens is 452 g/mol. The molecule has 3 aromatic heterocycles. The fraction of sp³-hybridized carbons (Fsp3) is 0.138. The number of pyridine rings is 2. The minimum absolute atomic E-state index is 0.144. The van der Waals surface area contributed by atoms with Crippen LogP contribution >= 0.6 is 0 Å². The van der Waals surface area contributed by atoms with Crippen molar-refractivity contribution in [3.05, 3.63) is 126 Å². The monoisotopic (exact) mass is 478 g/mol. The quantitative estimate of drug-likeness (QED) is 0.318. The van der Waals surface area contributed by atoms with Gasteiger partial charge in [0.2, 0.25) is 0 Å². The number of carbonyl (C=O) groups is 1. The molecule has 1 amide bonds. The number of benzene rings is 2. The normalized spacial score (nSPS) is 10.8. The number of nitrogens with one attached hydrogen (secondary N) is 1. The lowest BCUT2D eigenvalue weighted by atomic mass is 10.2. The second-order valence-corrected chi connectivity index (χ2v) is 8.44. The van der Waals surface area contributed by atoms with Crippen molar-refractivity contribution in [2.75, 3.05) is 0 Å². The average Bonchev–Trinajstić information content (AvgIpc) is 3.35. The Morgan fingerprint density at radius 2 is 1.64 bits per heavy atom. The standard InChI is InChI=1S/C29H26N4O3/c1-21-4-3-15-33-18-25(32-28(21)33)20-36-27-12-8-24(9-13-27)29(34)31-17-22-6-10-26(11-7-22)35-19-23-5-2-14-30-16-23/h2-16,18H,17,19-20H2,1H3,(H,31,34). The highest BCUT2D eigenvalue weighted by atomic mass is 16.5. The first-order valence-corrected chi connectivity index (χ1v) is 11.7. The van der Waals surface area contributed by atoms with E-state index < -0.39 is 0 Å². The molecule has 0 saturated carbocycles. The fourth-order valence-corrected chi connectivity index (χ4v) is 3.77. The highest BCUT2D eigenvalue weighted by Crippen LogP contribution is 2.17. The summed E-state index contributed by atoms with van der Waals surface area (Å²) in [5.74, 6) is 1.31. The summed E-state index contributed by atoms with van der Waals surface area (Å²) in [4.78, 5) is 21.3. The molecule has 5 rings (SSSR count). The molecule has 5 aromatic rings. The summed E-state index contributed by atoms with van der Waals surface area (Å²) in [6.07, 6.45) is 7.45. The molecular formula is C29H26N4O3. The molecule has 0 radical (unpaired) electrons. The van der Waals surface area contributed by atoms with Crippen molar-refractivity contribution in [1.29, 1.82) is 0 Å². The van der Waals surface area contributed by atoms with Gasteiger partial charge in [-0.1, -0.05) is 24.3 Å². The number of aromatic nitrogens is 3. The molecule has 0 bridgehead atoms. The second kappa shape index (κ2) is 10.7. The van der Waals surface area contributed by atoms with Gasteiger partial charge in [-0.25, -0.2) is 4.98 Å². The highest BCUT2D eigenvalue weighted by Gasteiger charge is 2.08. The number of aryl methyl sites for hydroxylation is 1. The van der Waals surface area contributed by atoms with Crippen LogP contribution in [0, 0.1) is 6.92 Å². The van der Waals surface area contributed by atoms with Gasteiger partial charge in [0.15, 0.2) is 0 Å². The van der Waals surface area contributed by atoms with E-state index in [9.17, 15) is 4.79 Å². The third-order valence-electron chi connectivity index (χ3n) is 5.74. The van der Waals surface area contributed by atoms with E-state index >= 15 is 0 Å². The number of rotatable bonds is 9. The Labute approximate surface area is 209 Å². The summed E-state index contributed by atoms with van der Waals surface area (Å²) in [6.45, 7) is 3.27. The van der Waals surface area contributed by atoms with Gasteiger partial charge in [0, 0.05) is 42.5 Å². The molecule has 3 heterocycles. The molecule has 2 aromatic carbocycles. The van der Waals surface area contributed by atoms with Crippen molar-refractivity contribution in [2.45, 2.75) is 26.7 Å². The van der Waals surface area contributed by atoms with Crippen LogP contribution in [0.3, 0.4) is 0 Å². The molecule has 0 fully saturated rings. The minimum atomic E-state index is -0.144. The number of nitrogens with zero attached hydrogens (tertiary/aromatic N) is 3. The van der Waals surface area contributed by atoms with E-state index in [0.717, 1.165) is 33.8 Å². The lowest BCUT2D eigenvalue weighted by Gasteiger charge is -2.09. The van der Waals surface area contributed by atoms with Crippen molar-refractivity contribution in [1.82, 2.24) is 19.7 Å². The topological polar surface area (TPSA) is 77.8 Å². The largest absolute Gasteiger partial charge is 0.489 e. The molecule has 0 aliphatic carbocycles. The summed E-state index contributed by atoms with van der Waals surface area (Å²) in [5.41, 5.74) is 5.45. The van der Waals surface area contributed by atoms with E-state index in [0.29, 0.717) is 31.1 Å². The van der Waals surface area contributed by atoms with Crippen LogP contribution in [0.15, 0.2) is 97.6 Å². The van der Waals surface area contributed by atoms with E-state index in [1.54, 1.807) is 36.7 Å². The van der Waals surface area contributed by atoms with Gasteiger partial charge in [-0.2, -0.15) is 0 Å². The zero-order valence-electron chi connectivity index (χ0n) is 19.9. The zero-order chi connectivity index (χ0) is 24.7. The highest BCUT2D eigenvalue weighted by molar-refractivity contribution is 5.94. The van der Waals surface area contributed by atoms with Crippen LogP contribution in [-0.4, -0.2) is 20.3 Å². The molecule has 180 valence electrons. The molecule has 7 nitrogen and oxygen atoms in total. The van der Waals surface area contributed by atoms with E-state index in [2.05, 4.69) is 15.3 Å². The summed E-state index contributed by atoms with van der Waals surface area (Å²) >= 11 is 0. The zero-order valence-corrected chi connectivity index (χ0v) is 19.9. The van der Waals surface area contributed by atoms with Crippen molar-refractivity contribution in [2.24, 2.45) is 0 Å². The van der Waals surface area contributed by atoms with Gasteiger partial charge in [-0.15, -0.1) is 0 Å². The van der Waals surface area contributed by atoms with Crippen LogP contribution in [0.1, 0.15) is 32.7 Å². The Bertz CT molecular complexity index is 1450. The lowest BCUT2D eigenvalue weighted by Crippen LogP contribution is -2.22. The van der Waals surface area contributed by atoms with Gasteiger partial charge in [0.25, 0.3) is 5.91 Å². The van der Waals surface area contributed by atoms with E-state index in [1.807, 2.05) is 72.2 Å². The minimum Gasteiger partial charge on any atom is -0.489 e. The SMILES string of the molecule is Cc1cccn2cc(COc3ccc(C(=O)NCc4ccc(OCc5cccnc5)cc4)cc3)nc12. The first kappa shape index (κ1) is 23.1. The molecule has 0 unspecified atom stereocenters. The predicted octanol–water partition coefficient (Wildman–Crippen LogP) is 5.13. The Kier molecular flexibility index (Phi) is 6.89. The number of fused-ring (bicyclic) bond motifs is 1. The molecule has 0 saturated heterocycles. The summed E-state index contributed by atoms with van der Waals surface area (Å²) in [5, 5.41) is 2.95. The first-order chi connectivity index (χ1) is 17.6. The molecule has 0 aliphatic heterocycles. The number of ether oxygens (including phenoxy) is 2. The smallest absolute Gasteiger partial charge is 0.251 e. The molecule has 36 heavy (non-hydrogen) atoms. The number of amides is 1. The maximum atomic E-state index is 12.6. The van der Waals surface area contributed by atoms with Crippen LogP contribution in [-0.2, 0) is 19.8 Å². The van der Waals surface area contributed by atoms with Crippen molar-refractivity contribution in [3.63, 3.8) is 0 Å². The Balaban J connectivity index is 1.09. The molecule has 0 atom stereocenters. The van der Waals surface area contributed by atoms with E-state index in [1.165, 1.54) is 0 Å². The Hall–Kier alpha value is -4.65. The van der Waals surface area contributed by atoms with Gasteiger partial charge >= 0.3 is 0 Å². The van der Waals surface area contributed by atoms with Gasteiger partial charge in [-0.05, 0) is 66.6 Å². The van der Waals surface area contributed by atoms with Crippen molar-refractivity contribution >= 4 is 11.6 Å². The number of hydrogen-bond acceptors (Lipinski definition) is 5. The number of carbonyl (C=O) groups excluding carboxylic acids is 1. The van der Waals surface area contributed by atoms with Gasteiger partial charge in [0.1, 0.15) is 30.4 Å². The molecule has 0 aliphatic rings. The number of imidazole rings is 1. The Morgan fingerprint density at radius 1 is 0.889 bits per heavy atom. The predicted molar refractivity (Wildman–Crippen MR) is 137 cm³/mol. The maximum absolute atomic E-state index is 12.6. The van der Waals surface area contributed by atoms with Crippen LogP contribution in [0.25, 0.3) is 5.65 Å². The maximum Gasteiger partial charge on any atom is 0.251 e. The van der Waals surface area contributed by atoms with Crippen LogP contribution in [0.2, 0.25) is 0 Å². The molecule has 1 N–H and O–H groups in total. The van der Waals surface area contributed by atoms with E-state index in [-0.39, 0.29) is 5.91 Å². The van der Waals surface area contributed by atoms with Crippen LogP contribution < -0.4 is 14.8 Å². The number of hydrogen-bond donors (Lipinski definition) is 1. The lowest BCUT2D eigenvalue weighted by molar-refractivity contribution is 0.0951. The summed E-state index contributed by atoms with van der Waals surface area (Å²) < 4.78 is 13.6. The van der Waals surface area contributed by atoms with Gasteiger partial charge < -0.3 is 19.2 Å². The van der Waals surface area contributed by atoms with Gasteiger partial charge in [-0.3, -0.25) is 9.78 Å². The van der Waals surface area contributed by atoms with Crippen molar-refractivity contribution in [3.8, 4) is 11.5 Å². The molecule has 7 heteroatoms. The Morgan fingerprint density at radius 3 is 2.36 bits per heavy atom. The third kappa shape index (κ3) is 5.70. The van der Waals surface area contributed by atoms with Gasteiger partial charge in [0.05, 0.1) is 5.69 Å². The molecule has 0 spiro atoms. The third-order valence-corrected chi connectivity index (χ3v) is 5.74. The van der Waals surface area contributed by atoms with E-state index in [4.69, 9.17) is 9.47 Å². The van der Waals surface area contributed by atoms with Crippen LogP contribution in [0.4, 0.5) is 0 Å². The van der Waals surface area contributed by atoms with Crippen molar-refractivity contribution < 1.29 is 14.3 Å². The second-order valence-electron chi connectivity index (χ2n) is 8.44. The summed E-state index contributed by atoms with van der Waals surface area (Å²) in [6, 6.07) is 22.7. The first-order valence-electron chi connectivity index (χ1n) is 11.7. The average molecular weight is 479 g/mol.